The van der Waals surface area contributed by atoms with Gasteiger partial charge in [0, 0.05) is 15.8 Å². The maximum Gasteiger partial charge on any atom is 0.134 e. The fourth-order valence-electron chi connectivity index (χ4n) is 2.19. The van der Waals surface area contributed by atoms with Gasteiger partial charge in [0.25, 0.3) is 0 Å². The molecule has 0 bridgehead atoms. The number of fused-ring (bicyclic) bond motifs is 1. The summed E-state index contributed by atoms with van der Waals surface area (Å²) in [6, 6.07) is 7.59. The van der Waals surface area contributed by atoms with Crippen molar-refractivity contribution < 1.29 is 9.52 Å². The highest BCUT2D eigenvalue weighted by Crippen LogP contribution is 2.33. The van der Waals surface area contributed by atoms with E-state index >= 15 is 0 Å². The molecule has 0 fully saturated rings. The summed E-state index contributed by atoms with van der Waals surface area (Å²) in [6.07, 6.45) is 0.322. The smallest absolute Gasteiger partial charge is 0.134 e. The number of aliphatic hydroxyl groups is 1. The third kappa shape index (κ3) is 2.64. The zero-order valence-electron chi connectivity index (χ0n) is 10.3. The lowest BCUT2D eigenvalue weighted by molar-refractivity contribution is 0.150. The van der Waals surface area contributed by atoms with Crippen LogP contribution in [0.3, 0.4) is 0 Å². The van der Waals surface area contributed by atoms with Gasteiger partial charge in [0.1, 0.15) is 11.3 Å². The van der Waals surface area contributed by atoms with E-state index < -0.39 is 0 Å². The summed E-state index contributed by atoms with van der Waals surface area (Å²) in [6.45, 7) is 5.93. The molecule has 1 atom stereocenters. The van der Waals surface area contributed by atoms with Crippen LogP contribution in [0.15, 0.2) is 28.7 Å². The lowest BCUT2D eigenvalue weighted by atomic mass is 9.84. The molecule has 0 radical (unpaired) electrons. The number of benzene rings is 1. The van der Waals surface area contributed by atoms with Gasteiger partial charge < -0.3 is 9.52 Å². The summed E-state index contributed by atoms with van der Waals surface area (Å²) >= 11 is 5.94. The Morgan fingerprint density at radius 2 is 2.06 bits per heavy atom. The van der Waals surface area contributed by atoms with Crippen LogP contribution in [0.5, 0.6) is 0 Å². The Kier molecular flexibility index (Phi) is 3.19. The van der Waals surface area contributed by atoms with E-state index in [1.807, 2.05) is 24.3 Å². The molecule has 0 spiro atoms. The molecule has 17 heavy (non-hydrogen) atoms. The Balaban J connectivity index is 2.42. The Hall–Kier alpha value is -0.990. The highest BCUT2D eigenvalue weighted by atomic mass is 35.5. The quantitative estimate of drug-likeness (QED) is 0.891. The number of rotatable bonds is 3. The molecule has 3 heteroatoms. The molecule has 0 aliphatic carbocycles. The highest BCUT2D eigenvalue weighted by Gasteiger charge is 2.26. The zero-order chi connectivity index (χ0) is 12.6. The molecule has 0 aliphatic heterocycles. The minimum absolute atomic E-state index is 0.181. The largest absolute Gasteiger partial charge is 0.461 e. The van der Waals surface area contributed by atoms with Crippen LogP contribution in [0.2, 0.25) is 5.02 Å². The van der Waals surface area contributed by atoms with Gasteiger partial charge in [-0.1, -0.05) is 25.4 Å². The van der Waals surface area contributed by atoms with E-state index in [9.17, 15) is 5.11 Å². The molecule has 1 unspecified atom stereocenters. The molecule has 2 aromatic rings. The van der Waals surface area contributed by atoms with Crippen molar-refractivity contribution in [1.82, 2.24) is 0 Å². The topological polar surface area (TPSA) is 33.4 Å². The number of furan rings is 1. The molecule has 1 heterocycles. The Labute approximate surface area is 106 Å². The first-order valence-corrected chi connectivity index (χ1v) is 6.14. The Morgan fingerprint density at radius 1 is 1.35 bits per heavy atom. The normalized spacial score (nSPS) is 14.2. The van der Waals surface area contributed by atoms with Gasteiger partial charge in [-0.3, -0.25) is 0 Å². The Bertz CT molecular complexity index is 526. The number of hydrogen-bond donors (Lipinski definition) is 1. The predicted molar refractivity (Wildman–Crippen MR) is 70.5 cm³/mol. The van der Waals surface area contributed by atoms with Gasteiger partial charge in [-0.15, -0.1) is 0 Å². The molecule has 2 rings (SSSR count). The molecular formula is C14H17ClO2. The number of halogens is 1. The van der Waals surface area contributed by atoms with E-state index in [2.05, 4.69) is 13.8 Å². The van der Waals surface area contributed by atoms with E-state index in [1.165, 1.54) is 0 Å². The standard InChI is InChI=1S/C14H17ClO2/c1-9(16)8-14(2,3)13-7-10-6-11(15)4-5-12(10)17-13/h4-7,9,16H,8H2,1-3H3. The van der Waals surface area contributed by atoms with Crippen molar-refractivity contribution in [3.8, 4) is 0 Å². The lowest BCUT2D eigenvalue weighted by Gasteiger charge is -2.23. The van der Waals surface area contributed by atoms with Crippen LogP contribution in [0, 0.1) is 0 Å². The van der Waals surface area contributed by atoms with Crippen LogP contribution in [-0.2, 0) is 5.41 Å². The third-order valence-corrected chi connectivity index (χ3v) is 3.19. The second-order valence-electron chi connectivity index (χ2n) is 5.23. The summed E-state index contributed by atoms with van der Waals surface area (Å²) in [5.41, 5.74) is 0.655. The fourth-order valence-corrected chi connectivity index (χ4v) is 2.37. The maximum absolute atomic E-state index is 9.51. The van der Waals surface area contributed by atoms with Crippen molar-refractivity contribution in [3.05, 3.63) is 35.0 Å². The molecule has 0 amide bonds. The van der Waals surface area contributed by atoms with Gasteiger partial charge in [-0.2, -0.15) is 0 Å². The molecule has 92 valence electrons. The molecule has 0 saturated carbocycles. The van der Waals surface area contributed by atoms with Gasteiger partial charge >= 0.3 is 0 Å². The monoisotopic (exact) mass is 252 g/mol. The molecule has 2 nitrogen and oxygen atoms in total. The summed E-state index contributed by atoms with van der Waals surface area (Å²) in [5.74, 6) is 0.885. The maximum atomic E-state index is 9.51. The average Bonchev–Trinajstić information content (AvgIpc) is 2.58. The Morgan fingerprint density at radius 3 is 2.71 bits per heavy atom. The van der Waals surface area contributed by atoms with E-state index in [0.29, 0.717) is 11.4 Å². The van der Waals surface area contributed by atoms with Gasteiger partial charge in [0.05, 0.1) is 6.10 Å². The van der Waals surface area contributed by atoms with Gasteiger partial charge in [-0.25, -0.2) is 0 Å². The van der Waals surface area contributed by atoms with Gasteiger partial charge in [0.15, 0.2) is 0 Å². The van der Waals surface area contributed by atoms with Crippen LogP contribution in [0.25, 0.3) is 11.0 Å². The fraction of sp³-hybridized carbons (Fsp3) is 0.429. The van der Waals surface area contributed by atoms with Crippen LogP contribution in [0.4, 0.5) is 0 Å². The van der Waals surface area contributed by atoms with E-state index in [4.69, 9.17) is 16.0 Å². The van der Waals surface area contributed by atoms with Gasteiger partial charge in [0.2, 0.25) is 0 Å². The first-order chi connectivity index (χ1) is 7.88. The molecule has 1 N–H and O–H groups in total. The minimum Gasteiger partial charge on any atom is -0.461 e. The summed E-state index contributed by atoms with van der Waals surface area (Å²) in [7, 11) is 0. The average molecular weight is 253 g/mol. The number of aliphatic hydroxyl groups excluding tert-OH is 1. The van der Waals surface area contributed by atoms with Crippen molar-refractivity contribution in [2.45, 2.75) is 38.7 Å². The SMILES string of the molecule is CC(O)CC(C)(C)c1cc2cc(Cl)ccc2o1. The third-order valence-electron chi connectivity index (χ3n) is 2.95. The van der Waals surface area contributed by atoms with Crippen molar-refractivity contribution in [3.63, 3.8) is 0 Å². The molecular weight excluding hydrogens is 236 g/mol. The summed E-state index contributed by atoms with van der Waals surface area (Å²) < 4.78 is 5.82. The highest BCUT2D eigenvalue weighted by molar-refractivity contribution is 6.31. The van der Waals surface area contributed by atoms with Crippen molar-refractivity contribution in [2.24, 2.45) is 0 Å². The van der Waals surface area contributed by atoms with Crippen molar-refractivity contribution in [1.29, 1.82) is 0 Å². The predicted octanol–water partition coefficient (Wildman–Crippen LogP) is 4.13. The summed E-state index contributed by atoms with van der Waals surface area (Å²) in [5, 5.41) is 11.2. The second-order valence-corrected chi connectivity index (χ2v) is 5.67. The lowest BCUT2D eigenvalue weighted by Crippen LogP contribution is -2.22. The first-order valence-electron chi connectivity index (χ1n) is 5.76. The molecule has 1 aromatic carbocycles. The van der Waals surface area contributed by atoms with Crippen LogP contribution >= 0.6 is 11.6 Å². The summed E-state index contributed by atoms with van der Waals surface area (Å²) in [4.78, 5) is 0. The van der Waals surface area contributed by atoms with Crippen LogP contribution < -0.4 is 0 Å². The second kappa shape index (κ2) is 4.35. The zero-order valence-corrected chi connectivity index (χ0v) is 11.1. The van der Waals surface area contributed by atoms with E-state index in [1.54, 1.807) is 6.92 Å². The number of hydrogen-bond acceptors (Lipinski definition) is 2. The van der Waals surface area contributed by atoms with E-state index in [-0.39, 0.29) is 11.5 Å². The van der Waals surface area contributed by atoms with Gasteiger partial charge in [-0.05, 0) is 37.6 Å². The molecule has 1 aromatic heterocycles. The van der Waals surface area contributed by atoms with Crippen LogP contribution in [-0.4, -0.2) is 11.2 Å². The van der Waals surface area contributed by atoms with E-state index in [0.717, 1.165) is 16.7 Å². The van der Waals surface area contributed by atoms with Crippen molar-refractivity contribution >= 4 is 22.6 Å². The van der Waals surface area contributed by atoms with Crippen LogP contribution in [0.1, 0.15) is 33.0 Å². The molecule has 0 saturated heterocycles. The first kappa shape index (κ1) is 12.5. The molecule has 0 aliphatic rings. The minimum atomic E-state index is -0.346. The van der Waals surface area contributed by atoms with Crippen molar-refractivity contribution in [2.75, 3.05) is 0 Å².